The number of hydroxylamine groups is 8. The van der Waals surface area contributed by atoms with Gasteiger partial charge in [0.1, 0.15) is 44.0 Å². The molecule has 8 atom stereocenters. The highest BCUT2D eigenvalue weighted by atomic mass is 32.3. The Hall–Kier alpha value is -10.0. The molecule has 15 heterocycles. The summed E-state index contributed by atoms with van der Waals surface area (Å²) in [7, 11) is -3.33. The molecule has 18 rings (SSSR count). The molecule has 0 aliphatic carbocycles. The number of nitrogens with two attached hydrogens (primary N) is 4. The highest BCUT2D eigenvalue weighted by Gasteiger charge is 2.53. The third-order valence-electron chi connectivity index (χ3n) is 27.1. The molecule has 10 amide bonds. The van der Waals surface area contributed by atoms with E-state index in [1.807, 2.05) is 95.9 Å². The van der Waals surface area contributed by atoms with E-state index in [9.17, 15) is 51.6 Å². The van der Waals surface area contributed by atoms with E-state index in [1.165, 1.54) is 65.6 Å². The number of carboxylic acids is 1. The summed E-state index contributed by atoms with van der Waals surface area (Å²) in [4.78, 5) is 143. The zero-order valence-corrected chi connectivity index (χ0v) is 78.5. The van der Waals surface area contributed by atoms with Gasteiger partial charge in [-0.05, 0) is 208 Å². The maximum atomic E-state index is 13.0. The van der Waals surface area contributed by atoms with E-state index in [-0.39, 0.29) is 92.4 Å². The highest BCUT2D eigenvalue weighted by molar-refractivity contribution is 7.80. The van der Waals surface area contributed by atoms with Gasteiger partial charge >= 0.3 is 46.5 Å². The first-order chi connectivity index (χ1) is 64.6. The molecule has 0 radical (unpaired) electrons. The number of Topliss-reactive ketones (excluding diaryl/α,β-unsaturated/α-hetero) is 1. The van der Waals surface area contributed by atoms with E-state index in [0.717, 1.165) is 144 Å². The van der Waals surface area contributed by atoms with Gasteiger partial charge in [-0.25, -0.2) is 29.8 Å². The summed E-state index contributed by atoms with van der Waals surface area (Å²) >= 11 is 0. The van der Waals surface area contributed by atoms with Crippen LogP contribution < -0.4 is 34.0 Å². The number of nitrogens with zero attached hydrogens (tertiary/aromatic N) is 17. The van der Waals surface area contributed by atoms with Crippen LogP contribution in [0, 0.1) is 23.7 Å². The molecule has 12 N–H and O–H groups in total. The molecule has 13 fully saturated rings. The lowest BCUT2D eigenvalue weighted by atomic mass is 9.99. The first-order valence-corrected chi connectivity index (χ1v) is 48.5. The first-order valence-electron chi connectivity index (χ1n) is 47.1. The molecule has 0 unspecified atom stereocenters. The van der Waals surface area contributed by atoms with Gasteiger partial charge in [-0.15, -0.1) is 24.7 Å². The van der Waals surface area contributed by atoms with Crippen molar-refractivity contribution in [1.29, 1.82) is 0 Å². The molecule has 13 aliphatic rings. The van der Waals surface area contributed by atoms with Crippen molar-refractivity contribution in [2.24, 2.45) is 46.9 Å². The van der Waals surface area contributed by atoms with Gasteiger partial charge in [0.15, 0.2) is 5.78 Å². The number of benzene rings is 3. The number of rotatable bonds is 27. The Bertz CT molecular complexity index is 4660. The first kappa shape index (κ1) is 105. The Morgan fingerprint density at radius 2 is 0.793 bits per heavy atom. The summed E-state index contributed by atoms with van der Waals surface area (Å²) in [5.74, 6) is 16.7. The second kappa shape index (κ2) is 51.4. The number of fused-ring (bicyclic) bond motifs is 8. The van der Waals surface area contributed by atoms with Crippen molar-refractivity contribution in [3.05, 3.63) is 131 Å². The summed E-state index contributed by atoms with van der Waals surface area (Å²) in [6.45, 7) is 24.3. The number of piperidine rings is 9. The molecule has 5 aromatic rings. The summed E-state index contributed by atoms with van der Waals surface area (Å²) in [5, 5.41) is 33.6. The quantitative estimate of drug-likeness (QED) is 0.00930. The van der Waals surface area contributed by atoms with E-state index in [4.69, 9.17) is 44.6 Å². The lowest BCUT2D eigenvalue weighted by Gasteiger charge is -2.30. The lowest BCUT2D eigenvalue weighted by Crippen LogP contribution is -2.51. The number of urea groups is 4. The molecule has 8 bridgehead atoms. The largest absolute Gasteiger partial charge is 0.480 e. The van der Waals surface area contributed by atoms with E-state index in [2.05, 4.69) is 104 Å². The fourth-order valence-corrected chi connectivity index (χ4v) is 19.2. The summed E-state index contributed by atoms with van der Waals surface area (Å²) in [6.07, 6.45) is 16.4. The van der Waals surface area contributed by atoms with Gasteiger partial charge in [-0.3, -0.25) is 79.9 Å². The van der Waals surface area contributed by atoms with Crippen LogP contribution in [0.25, 0.3) is 0 Å². The van der Waals surface area contributed by atoms with Gasteiger partial charge in [-0.1, -0.05) is 126 Å². The van der Waals surface area contributed by atoms with Gasteiger partial charge in [0, 0.05) is 45.3 Å². The zero-order chi connectivity index (χ0) is 95.5. The van der Waals surface area contributed by atoms with E-state index in [0.29, 0.717) is 139 Å². The lowest BCUT2D eigenvalue weighted by molar-refractivity contribution is -0.143. The normalized spacial score (nSPS) is 24.2. The van der Waals surface area contributed by atoms with Crippen molar-refractivity contribution >= 4 is 64.1 Å². The number of hydrogen-bond acceptors (Lipinski definition) is 31. The molecule has 2 aromatic heterocycles. The number of amides is 10. The molecular formula is C91H141N23O20S. The van der Waals surface area contributed by atoms with Gasteiger partial charge in [0.05, 0.1) is 70.5 Å². The number of carbonyl (C=O) groups excluding carboxylic acids is 8. The molecule has 44 heteroatoms. The van der Waals surface area contributed by atoms with Crippen molar-refractivity contribution in [3.63, 3.8) is 0 Å². The van der Waals surface area contributed by atoms with Crippen LogP contribution in [0.4, 0.5) is 19.2 Å². The Morgan fingerprint density at radius 3 is 1.19 bits per heavy atom. The zero-order valence-electron chi connectivity index (χ0n) is 77.7. The number of carboxylic acid groups (broad SMARTS) is 1. The Labute approximate surface area is 790 Å². The van der Waals surface area contributed by atoms with Crippen LogP contribution in [-0.4, -0.2) is 324 Å². The molecule has 13 saturated heterocycles. The highest BCUT2D eigenvalue weighted by Crippen LogP contribution is 2.41. The maximum absolute atomic E-state index is 13.0. The number of aromatic nitrogens is 4. The standard InChI is InChI=1S/C23H32N4O4.C22H29N5O3.C14H22N6O6S.C14H16N2O4.C9H17NO2.C8H17N3O.CH4.H4N2/c1-17-9-11-25(12-10-17)15-20(28)13-24-22(29)21-8-7-19-14-26(21)23(30)27(19)31-16-18-5-3-2-4-6-18;1-16-9-11-25(12-10-16)14-20-23-24-21(30-20)19-8-7-18-13-26(19)22(28)27(18)29-15-17-5-3-2-4-6-17;15-9-3-5-18(6-4-9)8-12-16-17-13(25-12)11-2-1-10-7-19(11)14(21)20(10)26-27(22,23)24;17-13(18)12-7-6-11-8-15(12)14(19)16(11)20-9-10-4-2-1-3-5-10;1-8-3-5-10(6-4-8)7-9(11)12-2;1-7-2-4-11(5-3-7)6-8(12)10-9;;1-2/h2-6,17,19,21H,7-16H2,1H3,(H,24,29);2-6,16,18-19H,7-15H2,1H3;9-11H,1-8,15H2,(H,22,23,24);1-5,11-12H,6-9H2,(H,17,18);8H,3-7H2,1-2H3;7H,2-6,9H2,1H3,(H,10,12);1H4;1-2H2/t19-,21+;18-,19+;10-,11+;11-,12+;;;;/m1111..../s1. The van der Waals surface area contributed by atoms with Crippen LogP contribution in [0.3, 0.4) is 0 Å². The molecular weight excluding hydrogens is 1770 g/mol. The molecule has 3 aromatic carbocycles. The second-order valence-corrected chi connectivity index (χ2v) is 38.1. The van der Waals surface area contributed by atoms with Crippen LogP contribution >= 0.6 is 0 Å². The average Bonchev–Trinajstić information content (AvgIpc) is 1.65. The number of carbonyl (C=O) groups is 9. The summed E-state index contributed by atoms with van der Waals surface area (Å²) < 4.78 is 51.5. The third kappa shape index (κ3) is 30.2. The molecule has 43 nitrogen and oxygen atoms in total. The van der Waals surface area contributed by atoms with E-state index < -0.39 is 46.6 Å². The van der Waals surface area contributed by atoms with Gasteiger partial charge in [0.2, 0.25) is 35.4 Å². The maximum Gasteiger partial charge on any atom is 0.418 e. The third-order valence-corrected chi connectivity index (χ3v) is 27.4. The minimum atomic E-state index is -4.76. The number of methoxy groups -OCH3 is 1. The number of hydrazine groups is 2. The van der Waals surface area contributed by atoms with Gasteiger partial charge < -0.3 is 49.3 Å². The van der Waals surface area contributed by atoms with Crippen molar-refractivity contribution in [3.8, 4) is 0 Å². The second-order valence-electron chi connectivity index (χ2n) is 37.1. The SMILES string of the molecule is C.CC1CCN(CC(=O)CNC(=O)[C@@H]2CC[C@@H]3CN2C(=O)N3OCc2ccccc2)CC1.CC1CCN(CC(=O)NN)CC1.CC1CCN(Cc2nnc([C@@H]3CC[C@@H]4CN3C(=O)N4OCc3ccccc3)o2)CC1.COC(=O)CN1CCC(C)CC1.NC1CCN(Cc2nnc([C@@H]3CC[C@@H]4CN3C(=O)N4OS(=O)(=O)O)o2)CC1.NN.O=C(O)[C@@H]1CC[C@@H]2CN1C(=O)N2OCc1ccccc1. The van der Waals surface area contributed by atoms with Crippen molar-refractivity contribution in [1.82, 2.24) is 95.5 Å². The fourth-order valence-electron chi connectivity index (χ4n) is 18.8. The number of ketones is 1. The molecule has 0 spiro atoms. The van der Waals surface area contributed by atoms with E-state index >= 15 is 0 Å². The number of hydrogen-bond donors (Lipinski definition) is 8. The van der Waals surface area contributed by atoms with Crippen LogP contribution in [0.5, 0.6) is 0 Å². The predicted molar refractivity (Wildman–Crippen MR) is 492 cm³/mol. The molecule has 135 heavy (non-hydrogen) atoms. The smallest absolute Gasteiger partial charge is 0.418 e. The minimum absolute atomic E-state index is 0. The van der Waals surface area contributed by atoms with Crippen LogP contribution in [0.15, 0.2) is 99.8 Å². The fraction of sp³-hybridized carbons (Fsp3) is 0.659. The summed E-state index contributed by atoms with van der Waals surface area (Å²) in [5.41, 5.74) is 11.1. The molecule has 746 valence electrons. The predicted octanol–water partition coefficient (Wildman–Crippen LogP) is 6.37. The number of aliphatic carboxylic acids is 1. The Kier molecular flexibility index (Phi) is 40.1. The van der Waals surface area contributed by atoms with Crippen molar-refractivity contribution in [2.75, 3.05) is 125 Å². The Morgan fingerprint density at radius 1 is 0.452 bits per heavy atom. The van der Waals surface area contributed by atoms with Gasteiger partial charge in [0.25, 0.3) is 0 Å². The van der Waals surface area contributed by atoms with Crippen molar-refractivity contribution in [2.45, 2.75) is 238 Å². The van der Waals surface area contributed by atoms with Crippen LogP contribution in [0.1, 0.15) is 203 Å². The molecule has 13 aliphatic heterocycles. The summed E-state index contributed by atoms with van der Waals surface area (Å²) in [6, 6.07) is 25.7. The van der Waals surface area contributed by atoms with Crippen molar-refractivity contribution < 1.29 is 93.6 Å². The number of ether oxygens (including phenoxy) is 1. The Balaban J connectivity index is 0.000000160. The number of nitrogens with one attached hydrogen (secondary N) is 2. The number of esters is 1. The monoisotopic (exact) mass is 1910 g/mol. The van der Waals surface area contributed by atoms with Crippen LogP contribution in [-0.2, 0) is 90.8 Å². The minimum Gasteiger partial charge on any atom is -0.480 e. The van der Waals surface area contributed by atoms with E-state index in [1.54, 1.807) is 9.96 Å². The average molecular weight is 1910 g/mol. The van der Waals surface area contributed by atoms with Crippen LogP contribution in [0.2, 0.25) is 0 Å². The number of likely N-dealkylation sites (tertiary alicyclic amines) is 5. The van der Waals surface area contributed by atoms with Gasteiger partial charge in [-0.2, -0.15) is 28.7 Å². The topological polar surface area (TPSA) is 522 Å². The molecule has 0 saturated carbocycles.